The van der Waals surface area contributed by atoms with E-state index in [9.17, 15) is 14.4 Å². The number of rotatable bonds is 0. The molecule has 1 fully saturated rings. The molecule has 0 aromatic rings. The van der Waals surface area contributed by atoms with Crippen molar-refractivity contribution in [3.05, 3.63) is 103 Å². The molecule has 1 saturated carbocycles. The SMILES string of the molecule is CC1=CC(=C2C(=C3C=C(C)C(=O)C(C)=C3)C2=C2C=C(C)C(=O)C(C)=C2)C=C(C)C1=O. The molecule has 0 saturated heterocycles. The molecule has 4 rings (SSSR count). The zero-order valence-corrected chi connectivity index (χ0v) is 18.2. The van der Waals surface area contributed by atoms with Crippen molar-refractivity contribution in [3.63, 3.8) is 0 Å². The van der Waals surface area contributed by atoms with Gasteiger partial charge in [-0.1, -0.05) is 0 Å². The predicted octanol–water partition coefficient (Wildman–Crippen LogP) is 5.32. The normalized spacial score (nSPS) is 22.0. The number of carbonyl (C=O) groups excluding carboxylic acids is 3. The third-order valence-electron chi connectivity index (χ3n) is 5.93. The van der Waals surface area contributed by atoms with Crippen LogP contribution in [0.5, 0.6) is 0 Å². The second kappa shape index (κ2) is 6.88. The summed E-state index contributed by atoms with van der Waals surface area (Å²) in [5, 5.41) is 0. The first kappa shape index (κ1) is 20.0. The summed E-state index contributed by atoms with van der Waals surface area (Å²) in [5.41, 5.74) is 10.5. The topological polar surface area (TPSA) is 51.2 Å². The summed E-state index contributed by atoms with van der Waals surface area (Å²) < 4.78 is 0. The summed E-state index contributed by atoms with van der Waals surface area (Å²) in [6.45, 7) is 11.0. The fourth-order valence-electron chi connectivity index (χ4n) is 4.34. The quantitative estimate of drug-likeness (QED) is 0.557. The second-order valence-electron chi connectivity index (χ2n) is 8.44. The molecule has 0 aromatic carbocycles. The minimum Gasteiger partial charge on any atom is -0.289 e. The lowest BCUT2D eigenvalue weighted by Gasteiger charge is -2.10. The molecule has 150 valence electrons. The van der Waals surface area contributed by atoms with Crippen LogP contribution in [0.2, 0.25) is 0 Å². The van der Waals surface area contributed by atoms with E-state index in [-0.39, 0.29) is 17.3 Å². The van der Waals surface area contributed by atoms with Gasteiger partial charge in [-0.05, 0) is 145 Å². The van der Waals surface area contributed by atoms with Crippen LogP contribution in [0.25, 0.3) is 0 Å². The van der Waals surface area contributed by atoms with E-state index in [0.29, 0.717) is 33.4 Å². The second-order valence-corrected chi connectivity index (χ2v) is 8.44. The summed E-state index contributed by atoms with van der Waals surface area (Å²) in [6.07, 6.45) is 11.6. The van der Waals surface area contributed by atoms with Crippen LogP contribution in [0, 0.1) is 0 Å². The Kier molecular flexibility index (Phi) is 4.58. The van der Waals surface area contributed by atoms with E-state index in [2.05, 4.69) is 0 Å². The maximum Gasteiger partial charge on any atom is 0.184 e. The fraction of sp³-hybridized carbons (Fsp3) is 0.222. The van der Waals surface area contributed by atoms with Crippen molar-refractivity contribution in [2.24, 2.45) is 0 Å². The molecule has 3 heteroatoms. The molecule has 0 spiro atoms. The smallest absolute Gasteiger partial charge is 0.184 e. The van der Waals surface area contributed by atoms with Gasteiger partial charge in [0.1, 0.15) is 0 Å². The number of carbonyl (C=O) groups is 3. The van der Waals surface area contributed by atoms with E-state index in [1.54, 1.807) is 0 Å². The molecule has 0 bridgehead atoms. The summed E-state index contributed by atoms with van der Waals surface area (Å²) in [7, 11) is 0. The van der Waals surface area contributed by atoms with Crippen LogP contribution in [0.1, 0.15) is 41.5 Å². The van der Waals surface area contributed by atoms with Crippen LogP contribution in [0.3, 0.4) is 0 Å². The maximum atomic E-state index is 12.2. The first-order valence-electron chi connectivity index (χ1n) is 10.1. The molecule has 0 amide bonds. The van der Waals surface area contributed by atoms with Gasteiger partial charge in [-0.25, -0.2) is 0 Å². The Morgan fingerprint density at radius 1 is 0.367 bits per heavy atom. The fourth-order valence-corrected chi connectivity index (χ4v) is 4.34. The monoisotopic (exact) mass is 396 g/mol. The molecule has 0 heterocycles. The first-order valence-corrected chi connectivity index (χ1v) is 10.1. The van der Waals surface area contributed by atoms with E-state index in [1.165, 1.54) is 0 Å². The standard InChI is InChI=1S/C27H24O3/c1-13-7-19(8-14(2)25(13)28)22-23(20-9-15(3)26(29)16(4)10-20)24(22)21-11-17(5)27(30)18(6)12-21/h7-12H,1-6H3. The lowest BCUT2D eigenvalue weighted by molar-refractivity contribution is -0.113. The molecular weight excluding hydrogens is 372 g/mol. The number of hydrogen-bond donors (Lipinski definition) is 0. The van der Waals surface area contributed by atoms with Gasteiger partial charge >= 0.3 is 0 Å². The summed E-state index contributed by atoms with van der Waals surface area (Å²) in [5.74, 6) is 0.189. The third kappa shape index (κ3) is 3.11. The Morgan fingerprint density at radius 2 is 0.533 bits per heavy atom. The van der Waals surface area contributed by atoms with Crippen molar-refractivity contribution in [3.8, 4) is 0 Å². The molecule has 4 aliphatic rings. The van der Waals surface area contributed by atoms with E-state index in [1.807, 2.05) is 78.0 Å². The van der Waals surface area contributed by atoms with Crippen molar-refractivity contribution < 1.29 is 14.4 Å². The first-order chi connectivity index (χ1) is 14.1. The number of ketones is 3. The van der Waals surface area contributed by atoms with Crippen molar-refractivity contribution >= 4 is 17.3 Å². The predicted molar refractivity (Wildman–Crippen MR) is 119 cm³/mol. The lowest BCUT2D eigenvalue weighted by Crippen LogP contribution is -2.06. The molecule has 0 atom stereocenters. The number of hydrogen-bond acceptors (Lipinski definition) is 3. The highest BCUT2D eigenvalue weighted by molar-refractivity contribution is 6.12. The summed E-state index contributed by atoms with van der Waals surface area (Å²) in [6, 6.07) is 0. The van der Waals surface area contributed by atoms with Crippen LogP contribution in [-0.2, 0) is 14.4 Å². The summed E-state index contributed by atoms with van der Waals surface area (Å²) in [4.78, 5) is 36.7. The van der Waals surface area contributed by atoms with Crippen molar-refractivity contribution in [2.45, 2.75) is 41.5 Å². The lowest BCUT2D eigenvalue weighted by atomic mass is 9.93. The van der Waals surface area contributed by atoms with E-state index in [0.717, 1.165) is 33.4 Å². The van der Waals surface area contributed by atoms with Crippen LogP contribution < -0.4 is 0 Å². The van der Waals surface area contributed by atoms with Crippen LogP contribution in [0.4, 0.5) is 0 Å². The van der Waals surface area contributed by atoms with Gasteiger partial charge in [-0.3, -0.25) is 14.4 Å². The molecule has 0 N–H and O–H groups in total. The van der Waals surface area contributed by atoms with Crippen LogP contribution in [-0.4, -0.2) is 17.3 Å². The number of allylic oxidation sites excluding steroid dienone is 18. The Hall–Kier alpha value is -3.33. The molecule has 0 aromatic heterocycles. The Labute approximate surface area is 176 Å². The Morgan fingerprint density at radius 3 is 0.700 bits per heavy atom. The van der Waals surface area contributed by atoms with Crippen molar-refractivity contribution in [2.75, 3.05) is 0 Å². The maximum absolute atomic E-state index is 12.2. The van der Waals surface area contributed by atoms with E-state index < -0.39 is 0 Å². The van der Waals surface area contributed by atoms with E-state index in [4.69, 9.17) is 0 Å². The Bertz CT molecular complexity index is 1010. The van der Waals surface area contributed by atoms with Gasteiger partial charge in [0, 0.05) is 0 Å². The Balaban J connectivity index is 2.03. The average Bonchev–Trinajstić information content (AvgIpc) is 3.43. The molecule has 0 radical (unpaired) electrons. The van der Waals surface area contributed by atoms with Crippen LogP contribution >= 0.6 is 0 Å². The highest BCUT2D eigenvalue weighted by Gasteiger charge is 2.39. The highest BCUT2D eigenvalue weighted by Crippen LogP contribution is 2.54. The highest BCUT2D eigenvalue weighted by atomic mass is 16.1. The summed E-state index contributed by atoms with van der Waals surface area (Å²) >= 11 is 0. The third-order valence-corrected chi connectivity index (χ3v) is 5.93. The zero-order valence-electron chi connectivity index (χ0n) is 18.2. The van der Waals surface area contributed by atoms with Crippen molar-refractivity contribution in [1.29, 1.82) is 0 Å². The van der Waals surface area contributed by atoms with Gasteiger partial charge in [-0.15, -0.1) is 0 Å². The van der Waals surface area contributed by atoms with Gasteiger partial charge in [-0.2, -0.15) is 0 Å². The molecule has 3 nitrogen and oxygen atoms in total. The average molecular weight is 396 g/mol. The zero-order chi connectivity index (χ0) is 21.9. The molecule has 0 aliphatic heterocycles. The van der Waals surface area contributed by atoms with Gasteiger partial charge < -0.3 is 0 Å². The van der Waals surface area contributed by atoms with Gasteiger partial charge in [0.15, 0.2) is 17.3 Å². The van der Waals surface area contributed by atoms with Crippen LogP contribution in [0.15, 0.2) is 103 Å². The molecule has 4 aliphatic carbocycles. The molecular formula is C27H24O3. The van der Waals surface area contributed by atoms with Gasteiger partial charge in [0.05, 0.1) is 0 Å². The molecule has 30 heavy (non-hydrogen) atoms. The van der Waals surface area contributed by atoms with Crippen molar-refractivity contribution in [1.82, 2.24) is 0 Å². The minimum atomic E-state index is 0.0629. The van der Waals surface area contributed by atoms with Gasteiger partial charge in [0.25, 0.3) is 0 Å². The van der Waals surface area contributed by atoms with Gasteiger partial charge in [0.2, 0.25) is 0 Å². The largest absolute Gasteiger partial charge is 0.289 e. The molecule has 0 unspecified atom stereocenters. The minimum absolute atomic E-state index is 0.0629. The number of Topliss-reactive ketones (excluding diaryl/α,β-unsaturated/α-hetero) is 3. The van der Waals surface area contributed by atoms with E-state index >= 15 is 0 Å².